The molecule has 2 rings (SSSR count). The van der Waals surface area contributed by atoms with Crippen LogP contribution in [-0.2, 0) is 20.2 Å². The number of hydrogen-bond acceptors (Lipinski definition) is 3. The highest BCUT2D eigenvalue weighted by atomic mass is 79.9. The molecule has 4 nitrogen and oxygen atoms in total. The first kappa shape index (κ1) is 13.1. The molecule has 0 radical (unpaired) electrons. The zero-order valence-electron chi connectivity index (χ0n) is 10.5. The smallest absolute Gasteiger partial charge is 0.134 e. The van der Waals surface area contributed by atoms with Gasteiger partial charge in [-0.3, -0.25) is 4.68 Å². The van der Waals surface area contributed by atoms with Gasteiger partial charge in [-0.25, -0.2) is 0 Å². The predicted molar refractivity (Wildman–Crippen MR) is 74.4 cm³/mol. The number of aromatic nitrogens is 2. The molecule has 1 N–H and O–H groups in total. The quantitative estimate of drug-likeness (QED) is 0.922. The fourth-order valence-corrected chi connectivity index (χ4v) is 2.22. The van der Waals surface area contributed by atoms with Crippen molar-refractivity contribution in [2.75, 3.05) is 7.05 Å². The Morgan fingerprint density at radius 1 is 1.39 bits per heavy atom. The fourth-order valence-electron chi connectivity index (χ4n) is 1.68. The second kappa shape index (κ2) is 6.02. The third-order valence-corrected chi connectivity index (χ3v) is 3.15. The minimum absolute atomic E-state index is 0.526. The van der Waals surface area contributed by atoms with Crippen LogP contribution in [0.5, 0.6) is 5.75 Å². The van der Waals surface area contributed by atoms with Crippen LogP contribution in [0, 0.1) is 0 Å². The van der Waals surface area contributed by atoms with E-state index in [2.05, 4.69) is 38.5 Å². The van der Waals surface area contributed by atoms with Crippen molar-refractivity contribution in [1.29, 1.82) is 0 Å². The first-order valence-corrected chi connectivity index (χ1v) is 6.51. The van der Waals surface area contributed by atoms with Crippen molar-refractivity contribution in [2.24, 2.45) is 7.05 Å². The van der Waals surface area contributed by atoms with Crippen LogP contribution in [0.15, 0.2) is 35.1 Å². The maximum Gasteiger partial charge on any atom is 0.134 e. The van der Waals surface area contributed by atoms with Gasteiger partial charge < -0.3 is 10.1 Å². The Kier molecular flexibility index (Phi) is 4.38. The zero-order chi connectivity index (χ0) is 13.0. The van der Waals surface area contributed by atoms with Gasteiger partial charge in [0.05, 0.1) is 10.7 Å². The van der Waals surface area contributed by atoms with Gasteiger partial charge in [0.1, 0.15) is 12.4 Å². The lowest BCUT2D eigenvalue weighted by molar-refractivity contribution is 0.304. The molecule has 1 aromatic heterocycles. The van der Waals surface area contributed by atoms with Crippen LogP contribution in [0.4, 0.5) is 0 Å². The van der Waals surface area contributed by atoms with Crippen molar-refractivity contribution < 1.29 is 4.74 Å². The maximum atomic E-state index is 5.75. The van der Waals surface area contributed by atoms with Gasteiger partial charge in [-0.05, 0) is 40.7 Å². The summed E-state index contributed by atoms with van der Waals surface area (Å²) in [4.78, 5) is 0. The lowest BCUT2D eigenvalue weighted by Gasteiger charge is -2.08. The summed E-state index contributed by atoms with van der Waals surface area (Å²) in [7, 11) is 3.83. The largest absolute Gasteiger partial charge is 0.488 e. The summed E-state index contributed by atoms with van der Waals surface area (Å²) in [6.45, 7) is 1.37. The SMILES string of the molecule is CNCc1ccc(OCc2cnn(C)c2)c(Br)c1. The van der Waals surface area contributed by atoms with E-state index in [-0.39, 0.29) is 0 Å². The maximum absolute atomic E-state index is 5.75. The number of aryl methyl sites for hydroxylation is 1. The molecule has 0 aliphatic heterocycles. The zero-order valence-corrected chi connectivity index (χ0v) is 12.1. The molecule has 1 aromatic carbocycles. The Labute approximate surface area is 115 Å². The molecule has 0 aliphatic rings. The standard InChI is InChI=1S/C13H16BrN3O/c1-15-6-10-3-4-13(12(14)5-10)18-9-11-7-16-17(2)8-11/h3-5,7-8,15H,6,9H2,1-2H3. The highest BCUT2D eigenvalue weighted by molar-refractivity contribution is 9.10. The van der Waals surface area contributed by atoms with E-state index in [1.807, 2.05) is 32.6 Å². The van der Waals surface area contributed by atoms with Crippen LogP contribution in [0.1, 0.15) is 11.1 Å². The minimum atomic E-state index is 0.526. The van der Waals surface area contributed by atoms with Gasteiger partial charge in [-0.15, -0.1) is 0 Å². The van der Waals surface area contributed by atoms with Crippen molar-refractivity contribution in [3.8, 4) is 5.75 Å². The normalized spacial score (nSPS) is 10.6. The Hall–Kier alpha value is -1.33. The first-order chi connectivity index (χ1) is 8.69. The molecule has 0 spiro atoms. The molecule has 1 heterocycles. The third kappa shape index (κ3) is 3.34. The average molecular weight is 310 g/mol. The molecule has 0 saturated carbocycles. The van der Waals surface area contributed by atoms with E-state index in [0.29, 0.717) is 6.61 Å². The highest BCUT2D eigenvalue weighted by Gasteiger charge is 2.04. The number of nitrogens with zero attached hydrogens (tertiary/aromatic N) is 2. The number of halogens is 1. The van der Waals surface area contributed by atoms with Gasteiger partial charge in [0.15, 0.2) is 0 Å². The molecule has 2 aromatic rings. The van der Waals surface area contributed by atoms with Gasteiger partial charge in [-0.2, -0.15) is 5.10 Å². The molecule has 0 bridgehead atoms. The Morgan fingerprint density at radius 3 is 2.83 bits per heavy atom. The van der Waals surface area contributed by atoms with Crippen LogP contribution in [-0.4, -0.2) is 16.8 Å². The number of rotatable bonds is 5. The molecule has 5 heteroatoms. The van der Waals surface area contributed by atoms with E-state index in [0.717, 1.165) is 22.3 Å². The number of hydrogen-bond donors (Lipinski definition) is 1. The van der Waals surface area contributed by atoms with E-state index in [4.69, 9.17) is 4.74 Å². The molecule has 0 fully saturated rings. The van der Waals surface area contributed by atoms with Crippen LogP contribution in [0.3, 0.4) is 0 Å². The molecule has 18 heavy (non-hydrogen) atoms. The molecule has 96 valence electrons. The van der Waals surface area contributed by atoms with Crippen molar-refractivity contribution in [1.82, 2.24) is 15.1 Å². The summed E-state index contributed by atoms with van der Waals surface area (Å²) >= 11 is 3.52. The van der Waals surface area contributed by atoms with Gasteiger partial charge in [0.2, 0.25) is 0 Å². The summed E-state index contributed by atoms with van der Waals surface area (Å²) < 4.78 is 8.49. The molecule has 0 amide bonds. The third-order valence-electron chi connectivity index (χ3n) is 2.53. The number of benzene rings is 1. The van der Waals surface area contributed by atoms with Crippen LogP contribution < -0.4 is 10.1 Å². The Bertz CT molecular complexity index is 525. The summed E-state index contributed by atoms with van der Waals surface area (Å²) in [5, 5.41) is 7.23. The van der Waals surface area contributed by atoms with Crippen LogP contribution in [0.25, 0.3) is 0 Å². The van der Waals surface area contributed by atoms with Gasteiger partial charge in [0.25, 0.3) is 0 Å². The van der Waals surface area contributed by atoms with E-state index in [1.165, 1.54) is 5.56 Å². The number of ether oxygens (including phenoxy) is 1. The molecular formula is C13H16BrN3O. The average Bonchev–Trinajstić information content (AvgIpc) is 2.74. The highest BCUT2D eigenvalue weighted by Crippen LogP contribution is 2.26. The van der Waals surface area contributed by atoms with Crippen LogP contribution in [0.2, 0.25) is 0 Å². The summed E-state index contributed by atoms with van der Waals surface area (Å²) in [5.41, 5.74) is 2.28. The second-order valence-corrected chi connectivity index (χ2v) is 4.96. The van der Waals surface area contributed by atoms with Crippen molar-refractivity contribution >= 4 is 15.9 Å². The van der Waals surface area contributed by atoms with E-state index in [9.17, 15) is 0 Å². The summed E-state index contributed by atoms with van der Waals surface area (Å²) in [6.07, 6.45) is 3.76. The lowest BCUT2D eigenvalue weighted by atomic mass is 10.2. The molecule has 0 unspecified atom stereocenters. The fraction of sp³-hybridized carbons (Fsp3) is 0.308. The summed E-state index contributed by atoms with van der Waals surface area (Å²) in [6, 6.07) is 6.10. The first-order valence-electron chi connectivity index (χ1n) is 5.72. The van der Waals surface area contributed by atoms with Crippen LogP contribution >= 0.6 is 15.9 Å². The molecule has 0 aliphatic carbocycles. The van der Waals surface area contributed by atoms with Gasteiger partial charge in [0, 0.05) is 25.4 Å². The molecule has 0 saturated heterocycles. The topological polar surface area (TPSA) is 39.1 Å². The minimum Gasteiger partial charge on any atom is -0.488 e. The van der Waals surface area contributed by atoms with Crippen molar-refractivity contribution in [2.45, 2.75) is 13.2 Å². The number of nitrogens with one attached hydrogen (secondary N) is 1. The van der Waals surface area contributed by atoms with Gasteiger partial charge >= 0.3 is 0 Å². The van der Waals surface area contributed by atoms with Crippen molar-refractivity contribution in [3.63, 3.8) is 0 Å². The lowest BCUT2D eigenvalue weighted by Crippen LogP contribution is -2.05. The van der Waals surface area contributed by atoms with E-state index in [1.54, 1.807) is 4.68 Å². The monoisotopic (exact) mass is 309 g/mol. The Morgan fingerprint density at radius 2 is 2.22 bits per heavy atom. The van der Waals surface area contributed by atoms with Crippen molar-refractivity contribution in [3.05, 3.63) is 46.2 Å². The molecule has 0 atom stereocenters. The van der Waals surface area contributed by atoms with E-state index >= 15 is 0 Å². The van der Waals surface area contributed by atoms with E-state index < -0.39 is 0 Å². The second-order valence-electron chi connectivity index (χ2n) is 4.11. The summed E-state index contributed by atoms with van der Waals surface area (Å²) in [5.74, 6) is 0.846. The Balaban J connectivity index is 2.01. The molecular weight excluding hydrogens is 294 g/mol. The van der Waals surface area contributed by atoms with Gasteiger partial charge in [-0.1, -0.05) is 6.07 Å². The predicted octanol–water partition coefficient (Wildman–Crippen LogP) is 2.48.